The largest absolute Gasteiger partial charge is 0.394 e. The molecule has 14 nitrogen and oxygen atoms in total. The number of ether oxygens (including phenoxy) is 4. The monoisotopic (exact) mass is 1400 g/mol. The molecule has 2 fully saturated rings. The van der Waals surface area contributed by atoms with Gasteiger partial charge in [-0.05, 0) is 44.9 Å². The molecule has 9 N–H and O–H groups in total. The van der Waals surface area contributed by atoms with Gasteiger partial charge >= 0.3 is 0 Å². The summed E-state index contributed by atoms with van der Waals surface area (Å²) in [4.78, 5) is 13.4. The number of rotatable bonds is 73. The highest BCUT2D eigenvalue weighted by Crippen LogP contribution is 2.30. The number of aliphatic hydroxyl groups is 8. The van der Waals surface area contributed by atoms with Gasteiger partial charge < -0.3 is 65.1 Å². The number of hydrogen-bond acceptors (Lipinski definition) is 13. The van der Waals surface area contributed by atoms with E-state index in [1.807, 2.05) is 6.08 Å². The summed E-state index contributed by atoms with van der Waals surface area (Å²) >= 11 is 0. The summed E-state index contributed by atoms with van der Waals surface area (Å²) in [5.41, 5.74) is 0. The summed E-state index contributed by atoms with van der Waals surface area (Å²) in [6.45, 7) is 2.84. The van der Waals surface area contributed by atoms with Gasteiger partial charge in [-0.2, -0.15) is 0 Å². The fourth-order valence-corrected chi connectivity index (χ4v) is 14.3. The van der Waals surface area contributed by atoms with Gasteiger partial charge in [0.05, 0.1) is 32.0 Å². The molecule has 99 heavy (non-hydrogen) atoms. The van der Waals surface area contributed by atoms with E-state index < -0.39 is 86.8 Å². The number of aliphatic hydroxyl groups excluding tert-OH is 8. The number of carbonyl (C=O) groups excluding carboxylic acids is 1. The Morgan fingerprint density at radius 2 is 0.646 bits per heavy atom. The van der Waals surface area contributed by atoms with Crippen molar-refractivity contribution in [1.29, 1.82) is 0 Å². The SMILES string of the molecule is CCCCCCCCCCCCCCCC/C=C/CC/C=C/CC/C=C/C(O)C(COC1OC(CO)C(OC2OC(CO)C(O)C(O)C2O)C(O)C1O)NC(=O)CCCCCCCCCCCCCCCCCCCCCCCCCCCCCCCCCCCCCCCCCCC. The summed E-state index contributed by atoms with van der Waals surface area (Å²) in [6.07, 6.45) is 75.6. The van der Waals surface area contributed by atoms with Crippen LogP contribution in [0.25, 0.3) is 0 Å². The number of hydrogen-bond donors (Lipinski definition) is 9. The lowest BCUT2D eigenvalue weighted by atomic mass is 9.97. The normalized spacial score (nSPS) is 22.0. The topological polar surface area (TPSA) is 228 Å². The van der Waals surface area contributed by atoms with Crippen molar-refractivity contribution < 1.29 is 64.6 Å². The highest BCUT2D eigenvalue weighted by Gasteiger charge is 2.51. The lowest BCUT2D eigenvalue weighted by molar-refractivity contribution is -0.359. The second-order valence-electron chi connectivity index (χ2n) is 30.3. The minimum Gasteiger partial charge on any atom is -0.394 e. The number of allylic oxidation sites excluding steroid dienone is 5. The van der Waals surface area contributed by atoms with E-state index in [2.05, 4.69) is 43.5 Å². The van der Waals surface area contributed by atoms with Crippen molar-refractivity contribution in [3.05, 3.63) is 36.5 Å². The lowest BCUT2D eigenvalue weighted by Crippen LogP contribution is -2.65. The van der Waals surface area contributed by atoms with Crippen molar-refractivity contribution in [3.63, 3.8) is 0 Å². The number of carbonyl (C=O) groups is 1. The molecule has 0 aliphatic carbocycles. The van der Waals surface area contributed by atoms with Crippen LogP contribution in [0.5, 0.6) is 0 Å². The molecule has 2 saturated heterocycles. The Hall–Kier alpha value is -1.79. The zero-order valence-electron chi connectivity index (χ0n) is 64.3. The van der Waals surface area contributed by atoms with Gasteiger partial charge in [0, 0.05) is 6.42 Å². The molecule has 2 rings (SSSR count). The summed E-state index contributed by atoms with van der Waals surface area (Å²) in [6, 6.07) is -0.938. The van der Waals surface area contributed by atoms with Crippen molar-refractivity contribution >= 4 is 5.91 Å². The van der Waals surface area contributed by atoms with Gasteiger partial charge in [-0.3, -0.25) is 4.79 Å². The highest BCUT2D eigenvalue weighted by molar-refractivity contribution is 5.76. The van der Waals surface area contributed by atoms with E-state index in [9.17, 15) is 45.6 Å². The van der Waals surface area contributed by atoms with Gasteiger partial charge in [-0.15, -0.1) is 0 Å². The maximum absolute atomic E-state index is 13.4. The maximum atomic E-state index is 13.4. The first-order valence-electron chi connectivity index (χ1n) is 42.7. The molecule has 12 unspecified atom stereocenters. The van der Waals surface area contributed by atoms with E-state index in [4.69, 9.17) is 18.9 Å². The quantitative estimate of drug-likeness (QED) is 0.0204. The van der Waals surface area contributed by atoms with Crippen LogP contribution >= 0.6 is 0 Å². The van der Waals surface area contributed by atoms with E-state index in [0.717, 1.165) is 44.9 Å². The Bertz CT molecular complexity index is 1800. The Balaban J connectivity index is 1.56. The average molecular weight is 1410 g/mol. The predicted octanol–water partition coefficient (Wildman–Crippen LogP) is 20.0. The van der Waals surface area contributed by atoms with Gasteiger partial charge in [-0.25, -0.2) is 0 Å². The first kappa shape index (κ1) is 93.3. The fourth-order valence-electron chi connectivity index (χ4n) is 14.3. The fraction of sp³-hybridized carbons (Fsp3) is 0.918. The van der Waals surface area contributed by atoms with E-state index in [-0.39, 0.29) is 18.9 Å². The highest BCUT2D eigenvalue weighted by atomic mass is 16.7. The molecule has 14 heteroatoms. The third-order valence-electron chi connectivity index (χ3n) is 21.1. The lowest BCUT2D eigenvalue weighted by Gasteiger charge is -2.46. The molecule has 2 aliphatic rings. The molecule has 0 bridgehead atoms. The van der Waals surface area contributed by atoms with Gasteiger partial charge in [0.15, 0.2) is 12.6 Å². The molecular formula is C85H161NO13. The molecule has 584 valence electrons. The average Bonchev–Trinajstić information content (AvgIpc) is 0.794. The Morgan fingerprint density at radius 3 is 0.990 bits per heavy atom. The minimum absolute atomic E-state index is 0.245. The maximum Gasteiger partial charge on any atom is 0.220 e. The van der Waals surface area contributed by atoms with Gasteiger partial charge in [0.25, 0.3) is 0 Å². The molecular weight excluding hydrogens is 1240 g/mol. The minimum atomic E-state index is -1.79. The molecule has 0 radical (unpaired) electrons. The summed E-state index contributed by atoms with van der Waals surface area (Å²) < 4.78 is 22.9. The number of amides is 1. The van der Waals surface area contributed by atoms with Crippen molar-refractivity contribution in [2.24, 2.45) is 0 Å². The van der Waals surface area contributed by atoms with Gasteiger partial charge in [-0.1, -0.05) is 391 Å². The second kappa shape index (κ2) is 69.3. The summed E-state index contributed by atoms with van der Waals surface area (Å²) in [5.74, 6) is -0.245. The molecule has 0 aromatic carbocycles. The van der Waals surface area contributed by atoms with E-state index in [1.54, 1.807) is 6.08 Å². The molecule has 1 amide bonds. The smallest absolute Gasteiger partial charge is 0.220 e. The van der Waals surface area contributed by atoms with Crippen LogP contribution in [0.4, 0.5) is 0 Å². The Labute approximate surface area is 608 Å². The molecule has 0 saturated carbocycles. The van der Waals surface area contributed by atoms with Crippen LogP contribution in [0.2, 0.25) is 0 Å². The van der Waals surface area contributed by atoms with Crippen LogP contribution in [0.15, 0.2) is 36.5 Å². The Morgan fingerprint density at radius 1 is 0.354 bits per heavy atom. The first-order chi connectivity index (χ1) is 48.6. The summed E-state index contributed by atoms with van der Waals surface area (Å²) in [5, 5.41) is 87.7. The predicted molar refractivity (Wildman–Crippen MR) is 411 cm³/mol. The molecule has 12 atom stereocenters. The molecule has 0 aromatic heterocycles. The van der Waals surface area contributed by atoms with Crippen molar-refractivity contribution in [1.82, 2.24) is 5.32 Å². The Kier molecular flexibility index (Phi) is 65.3. The molecule has 0 spiro atoms. The van der Waals surface area contributed by atoms with Crippen molar-refractivity contribution in [3.8, 4) is 0 Å². The molecule has 0 aromatic rings. The van der Waals surface area contributed by atoms with Crippen molar-refractivity contribution in [2.75, 3.05) is 19.8 Å². The zero-order valence-corrected chi connectivity index (χ0v) is 64.3. The van der Waals surface area contributed by atoms with Gasteiger partial charge in [0.1, 0.15) is 48.8 Å². The van der Waals surface area contributed by atoms with Crippen LogP contribution < -0.4 is 5.32 Å². The standard InChI is InChI=1S/C85H161NO13/c1-3-5-7-9-11-13-15-17-19-21-23-25-27-29-30-31-32-33-34-35-36-37-38-39-40-41-42-43-44-45-47-49-51-53-55-57-59-61-63-65-67-69-77(90)86-73(72-96-84-82(95)80(93)83(76(71-88)98-84)99-85-81(94)79(92)78(91)75(70-87)97-85)74(89)68-66-64-62-60-58-56-54-52-50-48-46-28-26-24-22-20-18-16-14-12-10-8-6-4-2/h50,52,58,60,66,68,73-76,78-85,87-89,91-95H,3-49,51,53-57,59,61-65,67,69-72H2,1-2H3,(H,86,90)/b52-50+,60-58+,68-66+. The zero-order chi connectivity index (χ0) is 71.5. The van der Waals surface area contributed by atoms with E-state index >= 15 is 0 Å². The summed E-state index contributed by atoms with van der Waals surface area (Å²) in [7, 11) is 0. The second-order valence-corrected chi connectivity index (χ2v) is 30.3. The number of nitrogens with one attached hydrogen (secondary N) is 1. The van der Waals surface area contributed by atoms with Crippen LogP contribution in [-0.2, 0) is 23.7 Å². The molecule has 2 heterocycles. The third kappa shape index (κ3) is 51.9. The van der Waals surface area contributed by atoms with Gasteiger partial charge in [0.2, 0.25) is 5.91 Å². The van der Waals surface area contributed by atoms with Crippen molar-refractivity contribution in [2.45, 2.75) is 479 Å². The van der Waals surface area contributed by atoms with Crippen LogP contribution in [0.3, 0.4) is 0 Å². The van der Waals surface area contributed by atoms with Crippen LogP contribution in [-0.4, -0.2) is 140 Å². The van der Waals surface area contributed by atoms with E-state index in [1.165, 1.54) is 327 Å². The third-order valence-corrected chi connectivity index (χ3v) is 21.1. The number of unbranched alkanes of at least 4 members (excludes halogenated alkanes) is 56. The van der Waals surface area contributed by atoms with Crippen LogP contribution in [0.1, 0.15) is 406 Å². The molecule has 2 aliphatic heterocycles. The van der Waals surface area contributed by atoms with Crippen LogP contribution in [0, 0.1) is 0 Å². The van der Waals surface area contributed by atoms with E-state index in [0.29, 0.717) is 12.8 Å². The first-order valence-corrected chi connectivity index (χ1v) is 42.7.